The molecule has 0 aromatic heterocycles. The van der Waals surface area contributed by atoms with Gasteiger partial charge in [0.25, 0.3) is 0 Å². The van der Waals surface area contributed by atoms with Gasteiger partial charge < -0.3 is 5.32 Å². The van der Waals surface area contributed by atoms with Gasteiger partial charge in [-0.2, -0.15) is 0 Å². The molecule has 68 valence electrons. The minimum absolute atomic E-state index is 0.733. The van der Waals surface area contributed by atoms with Crippen LogP contribution < -0.4 is 5.32 Å². The molecule has 0 aromatic rings. The van der Waals surface area contributed by atoms with Gasteiger partial charge in [0, 0.05) is 0 Å². The molecule has 1 rings (SSSR count). The second-order valence-corrected chi connectivity index (χ2v) is 3.69. The van der Waals surface area contributed by atoms with Crippen LogP contribution in [0.25, 0.3) is 0 Å². The molecule has 12 heavy (non-hydrogen) atoms. The van der Waals surface area contributed by atoms with Crippen LogP contribution in [0.1, 0.15) is 38.5 Å². The minimum atomic E-state index is 0.733. The standard InChI is InChI=1S/C11H19N/c1-2-9-12-10-11-7-5-3-4-6-8-11/h1,11-12H,3-10H2. The van der Waals surface area contributed by atoms with Crippen molar-refractivity contribution in [2.75, 3.05) is 13.1 Å². The summed E-state index contributed by atoms with van der Waals surface area (Å²) in [5.74, 6) is 3.50. The van der Waals surface area contributed by atoms with Crippen LogP contribution in [-0.2, 0) is 0 Å². The summed E-state index contributed by atoms with van der Waals surface area (Å²) in [5.41, 5.74) is 0. The molecule has 0 unspecified atom stereocenters. The van der Waals surface area contributed by atoms with Gasteiger partial charge >= 0.3 is 0 Å². The molecule has 1 saturated carbocycles. The van der Waals surface area contributed by atoms with E-state index >= 15 is 0 Å². The van der Waals surface area contributed by atoms with Gasteiger partial charge in [-0.1, -0.05) is 31.6 Å². The molecule has 1 nitrogen and oxygen atoms in total. The van der Waals surface area contributed by atoms with Gasteiger partial charge in [-0.25, -0.2) is 0 Å². The summed E-state index contributed by atoms with van der Waals surface area (Å²) < 4.78 is 0. The molecule has 1 heteroatoms. The summed E-state index contributed by atoms with van der Waals surface area (Å²) in [7, 11) is 0. The molecule has 0 saturated heterocycles. The zero-order chi connectivity index (χ0) is 8.65. The second-order valence-electron chi connectivity index (χ2n) is 3.69. The van der Waals surface area contributed by atoms with E-state index in [2.05, 4.69) is 11.2 Å². The fraction of sp³-hybridized carbons (Fsp3) is 0.818. The molecular weight excluding hydrogens is 146 g/mol. The third-order valence-corrected chi connectivity index (χ3v) is 2.63. The maximum absolute atomic E-state index is 5.16. The van der Waals surface area contributed by atoms with Crippen molar-refractivity contribution < 1.29 is 0 Å². The molecule has 0 aromatic carbocycles. The average Bonchev–Trinajstić information content (AvgIpc) is 2.33. The lowest BCUT2D eigenvalue weighted by Gasteiger charge is -2.13. The van der Waals surface area contributed by atoms with Crippen molar-refractivity contribution in [2.45, 2.75) is 38.5 Å². The SMILES string of the molecule is C#CCNCC1CCCCCC1. The Labute approximate surface area is 75.9 Å². The van der Waals surface area contributed by atoms with E-state index in [0.29, 0.717) is 0 Å². The lowest BCUT2D eigenvalue weighted by molar-refractivity contribution is 0.436. The Balaban J connectivity index is 2.08. The summed E-state index contributed by atoms with van der Waals surface area (Å²) in [5, 5.41) is 3.30. The lowest BCUT2D eigenvalue weighted by atomic mass is 10.0. The Kier molecular flexibility index (Phi) is 4.87. The van der Waals surface area contributed by atoms with Crippen molar-refractivity contribution in [3.05, 3.63) is 0 Å². The molecule has 0 aliphatic heterocycles. The zero-order valence-electron chi connectivity index (χ0n) is 7.81. The number of hydrogen-bond donors (Lipinski definition) is 1. The van der Waals surface area contributed by atoms with Crippen LogP contribution in [0.4, 0.5) is 0 Å². The summed E-state index contributed by atoms with van der Waals surface area (Å²) in [6, 6.07) is 0. The van der Waals surface area contributed by atoms with E-state index < -0.39 is 0 Å². The van der Waals surface area contributed by atoms with Crippen molar-refractivity contribution >= 4 is 0 Å². The van der Waals surface area contributed by atoms with E-state index in [9.17, 15) is 0 Å². The average molecular weight is 165 g/mol. The van der Waals surface area contributed by atoms with Gasteiger partial charge in [-0.05, 0) is 25.3 Å². The van der Waals surface area contributed by atoms with Crippen molar-refractivity contribution in [3.8, 4) is 12.3 Å². The Hall–Kier alpha value is -0.480. The van der Waals surface area contributed by atoms with E-state index in [1.807, 2.05) is 0 Å². The monoisotopic (exact) mass is 165 g/mol. The second kappa shape index (κ2) is 6.08. The Morgan fingerprint density at radius 3 is 2.42 bits per heavy atom. The summed E-state index contributed by atoms with van der Waals surface area (Å²) in [6.07, 6.45) is 13.7. The number of terminal acetylenes is 1. The van der Waals surface area contributed by atoms with Gasteiger partial charge in [0.1, 0.15) is 0 Å². The smallest absolute Gasteiger partial charge is 0.0573 e. The van der Waals surface area contributed by atoms with Gasteiger partial charge in [-0.3, -0.25) is 0 Å². The molecule has 0 heterocycles. The Morgan fingerprint density at radius 1 is 1.17 bits per heavy atom. The van der Waals surface area contributed by atoms with Crippen molar-refractivity contribution in [3.63, 3.8) is 0 Å². The first-order valence-corrected chi connectivity index (χ1v) is 5.07. The number of hydrogen-bond acceptors (Lipinski definition) is 1. The molecule has 0 atom stereocenters. The predicted octanol–water partition coefficient (Wildman–Crippen LogP) is 2.18. The van der Waals surface area contributed by atoms with Gasteiger partial charge in [0.05, 0.1) is 6.54 Å². The molecule has 0 radical (unpaired) electrons. The molecule has 0 bridgehead atoms. The first-order valence-electron chi connectivity index (χ1n) is 5.07. The minimum Gasteiger partial charge on any atom is -0.306 e. The molecule has 1 aliphatic carbocycles. The third-order valence-electron chi connectivity index (χ3n) is 2.63. The van der Waals surface area contributed by atoms with E-state index in [4.69, 9.17) is 6.42 Å². The predicted molar refractivity (Wildman–Crippen MR) is 52.9 cm³/mol. The maximum atomic E-state index is 5.16. The maximum Gasteiger partial charge on any atom is 0.0573 e. The topological polar surface area (TPSA) is 12.0 Å². The van der Waals surface area contributed by atoms with Crippen LogP contribution >= 0.6 is 0 Å². The van der Waals surface area contributed by atoms with Crippen LogP contribution in [0.5, 0.6) is 0 Å². The summed E-state index contributed by atoms with van der Waals surface area (Å²) in [6.45, 7) is 1.86. The quantitative estimate of drug-likeness (QED) is 0.384. The fourth-order valence-electron chi connectivity index (χ4n) is 1.92. The first-order chi connectivity index (χ1) is 5.93. The molecule has 0 amide bonds. The molecular formula is C11H19N. The van der Waals surface area contributed by atoms with Gasteiger partial charge in [0.2, 0.25) is 0 Å². The van der Waals surface area contributed by atoms with Crippen molar-refractivity contribution in [1.82, 2.24) is 5.32 Å². The van der Waals surface area contributed by atoms with Gasteiger partial charge in [0.15, 0.2) is 0 Å². The van der Waals surface area contributed by atoms with E-state index in [0.717, 1.165) is 19.0 Å². The Bertz CT molecular complexity index is 138. The summed E-state index contributed by atoms with van der Waals surface area (Å²) in [4.78, 5) is 0. The highest BCUT2D eigenvalue weighted by Gasteiger charge is 2.10. The normalized spacial score (nSPS) is 19.9. The zero-order valence-corrected chi connectivity index (χ0v) is 7.81. The highest BCUT2D eigenvalue weighted by atomic mass is 14.8. The lowest BCUT2D eigenvalue weighted by Crippen LogP contribution is -2.22. The van der Waals surface area contributed by atoms with Crippen LogP contribution in [0.2, 0.25) is 0 Å². The molecule has 1 aliphatic rings. The largest absolute Gasteiger partial charge is 0.306 e. The van der Waals surface area contributed by atoms with Crippen LogP contribution in [0.15, 0.2) is 0 Å². The molecule has 1 N–H and O–H groups in total. The Morgan fingerprint density at radius 2 is 1.83 bits per heavy atom. The highest BCUT2D eigenvalue weighted by molar-refractivity contribution is 4.86. The van der Waals surface area contributed by atoms with Crippen molar-refractivity contribution in [1.29, 1.82) is 0 Å². The molecule has 1 fully saturated rings. The van der Waals surface area contributed by atoms with E-state index in [1.165, 1.54) is 38.5 Å². The molecule has 0 spiro atoms. The third kappa shape index (κ3) is 3.78. The number of rotatable bonds is 3. The van der Waals surface area contributed by atoms with E-state index in [-0.39, 0.29) is 0 Å². The van der Waals surface area contributed by atoms with Crippen LogP contribution in [0.3, 0.4) is 0 Å². The summed E-state index contributed by atoms with van der Waals surface area (Å²) >= 11 is 0. The van der Waals surface area contributed by atoms with Crippen LogP contribution in [-0.4, -0.2) is 13.1 Å². The van der Waals surface area contributed by atoms with Crippen LogP contribution in [0, 0.1) is 18.3 Å². The highest BCUT2D eigenvalue weighted by Crippen LogP contribution is 2.21. The fourth-order valence-corrected chi connectivity index (χ4v) is 1.92. The van der Waals surface area contributed by atoms with E-state index in [1.54, 1.807) is 0 Å². The number of nitrogens with one attached hydrogen (secondary N) is 1. The first kappa shape index (κ1) is 9.61. The van der Waals surface area contributed by atoms with Crippen molar-refractivity contribution in [2.24, 2.45) is 5.92 Å². The van der Waals surface area contributed by atoms with Gasteiger partial charge in [-0.15, -0.1) is 6.42 Å².